The van der Waals surface area contributed by atoms with Crippen molar-refractivity contribution >= 4 is 11.6 Å². The van der Waals surface area contributed by atoms with Crippen LogP contribution < -0.4 is 0 Å². The van der Waals surface area contributed by atoms with Gasteiger partial charge >= 0.3 is 0 Å². The second-order valence-corrected chi connectivity index (χ2v) is 10.7. The molecule has 3 aliphatic rings. The zero-order chi connectivity index (χ0) is 24.4. The standard InChI is InChI=1S/C28H35N3O4/c32-26-11-15-28(19-25(26)29-17-12-22(13-18-29)21-5-2-1-3-6-21)14-4-16-30(20-28)27(33)23-7-9-24(10-8-23)31(34)35/h1-3,5-10,22,25-26,32H,4,11-20H2/t25-,26-,28-/m0/s1. The van der Waals surface area contributed by atoms with E-state index in [0.29, 0.717) is 24.6 Å². The van der Waals surface area contributed by atoms with Crippen molar-refractivity contribution in [3.63, 3.8) is 0 Å². The van der Waals surface area contributed by atoms with Crippen LogP contribution in [0.25, 0.3) is 0 Å². The summed E-state index contributed by atoms with van der Waals surface area (Å²) in [7, 11) is 0. The molecule has 7 heteroatoms. The molecule has 0 bridgehead atoms. The number of non-ortho nitro benzene ring substituents is 1. The number of nitro benzene ring substituents is 1. The predicted octanol–water partition coefficient (Wildman–Crippen LogP) is 4.61. The number of hydrogen-bond donors (Lipinski definition) is 1. The van der Waals surface area contributed by atoms with Gasteiger partial charge in [0.2, 0.25) is 0 Å². The van der Waals surface area contributed by atoms with Gasteiger partial charge in [-0.1, -0.05) is 30.3 Å². The monoisotopic (exact) mass is 477 g/mol. The van der Waals surface area contributed by atoms with Gasteiger partial charge in [-0.25, -0.2) is 0 Å². The molecule has 0 aromatic heterocycles. The quantitative estimate of drug-likeness (QED) is 0.513. The average molecular weight is 478 g/mol. The van der Waals surface area contributed by atoms with Crippen LogP contribution in [0.2, 0.25) is 0 Å². The second-order valence-electron chi connectivity index (χ2n) is 10.7. The van der Waals surface area contributed by atoms with Crippen LogP contribution in [-0.2, 0) is 0 Å². The van der Waals surface area contributed by atoms with E-state index in [1.54, 1.807) is 12.1 Å². The molecule has 2 heterocycles. The van der Waals surface area contributed by atoms with Gasteiger partial charge in [-0.05, 0) is 87.1 Å². The highest BCUT2D eigenvalue weighted by Crippen LogP contribution is 2.46. The van der Waals surface area contributed by atoms with Crippen LogP contribution in [0.5, 0.6) is 0 Å². The summed E-state index contributed by atoms with van der Waals surface area (Å²) < 4.78 is 0. The number of likely N-dealkylation sites (tertiary alicyclic amines) is 2. The van der Waals surface area contributed by atoms with Crippen molar-refractivity contribution in [1.29, 1.82) is 0 Å². The van der Waals surface area contributed by atoms with E-state index in [1.165, 1.54) is 17.7 Å². The van der Waals surface area contributed by atoms with E-state index in [-0.39, 0.29) is 29.2 Å². The van der Waals surface area contributed by atoms with Gasteiger partial charge in [-0.15, -0.1) is 0 Å². The number of piperidine rings is 2. The van der Waals surface area contributed by atoms with Gasteiger partial charge in [-0.2, -0.15) is 0 Å². The number of hydrogen-bond acceptors (Lipinski definition) is 5. The molecule has 186 valence electrons. The number of aliphatic hydroxyl groups is 1. The molecule has 2 aliphatic heterocycles. The van der Waals surface area contributed by atoms with E-state index in [4.69, 9.17) is 0 Å². The SMILES string of the molecule is O=C(c1ccc([N+](=O)[O-])cc1)N1CCC[C@@]2(CC[C@H](O)[C@@H](N3CCC(c4ccccc4)CC3)C2)C1. The number of nitrogens with zero attached hydrogens (tertiary/aromatic N) is 3. The number of aliphatic hydroxyl groups excluding tert-OH is 1. The summed E-state index contributed by atoms with van der Waals surface area (Å²) in [6.45, 7) is 3.42. The summed E-state index contributed by atoms with van der Waals surface area (Å²) in [4.78, 5) is 28.2. The lowest BCUT2D eigenvalue weighted by Crippen LogP contribution is -2.56. The topological polar surface area (TPSA) is 86.9 Å². The second kappa shape index (κ2) is 10.1. The molecule has 0 unspecified atom stereocenters. The third-order valence-electron chi connectivity index (χ3n) is 8.60. The molecular weight excluding hydrogens is 442 g/mol. The van der Waals surface area contributed by atoms with E-state index in [0.717, 1.165) is 58.0 Å². The van der Waals surface area contributed by atoms with E-state index in [9.17, 15) is 20.0 Å². The fourth-order valence-corrected chi connectivity index (χ4v) is 6.65. The van der Waals surface area contributed by atoms with Gasteiger partial charge in [0.15, 0.2) is 0 Å². The fraction of sp³-hybridized carbons (Fsp3) is 0.536. The zero-order valence-electron chi connectivity index (χ0n) is 20.2. The van der Waals surface area contributed by atoms with Gasteiger partial charge in [0, 0.05) is 36.8 Å². The van der Waals surface area contributed by atoms with Crippen LogP contribution in [0.4, 0.5) is 5.69 Å². The van der Waals surface area contributed by atoms with Crippen LogP contribution in [0, 0.1) is 15.5 Å². The lowest BCUT2D eigenvalue weighted by atomic mass is 9.66. The first-order chi connectivity index (χ1) is 16.9. The van der Waals surface area contributed by atoms with E-state index >= 15 is 0 Å². The van der Waals surface area contributed by atoms with Crippen molar-refractivity contribution in [3.8, 4) is 0 Å². The molecule has 7 nitrogen and oxygen atoms in total. The number of nitro groups is 1. The van der Waals surface area contributed by atoms with Gasteiger partial charge in [0.05, 0.1) is 11.0 Å². The molecule has 2 aromatic rings. The summed E-state index contributed by atoms with van der Waals surface area (Å²) in [5.41, 5.74) is 1.95. The minimum Gasteiger partial charge on any atom is -0.391 e. The summed E-state index contributed by atoms with van der Waals surface area (Å²) in [5, 5.41) is 21.9. The molecule has 3 fully saturated rings. The molecule has 35 heavy (non-hydrogen) atoms. The Bertz CT molecular complexity index is 1040. The Morgan fingerprint density at radius 2 is 1.69 bits per heavy atom. The normalized spacial score (nSPS) is 28.2. The molecule has 1 N–H and O–H groups in total. The minimum atomic E-state index is -0.444. The Labute approximate surface area is 206 Å². The molecule has 0 radical (unpaired) electrons. The maximum Gasteiger partial charge on any atom is 0.269 e. The van der Waals surface area contributed by atoms with Crippen molar-refractivity contribution < 1.29 is 14.8 Å². The first kappa shape index (κ1) is 23.9. The minimum absolute atomic E-state index is 0.00295. The number of carbonyl (C=O) groups is 1. The van der Waals surface area contributed by atoms with E-state index in [1.807, 2.05) is 4.90 Å². The van der Waals surface area contributed by atoms with Crippen LogP contribution in [0.3, 0.4) is 0 Å². The summed E-state index contributed by atoms with van der Waals surface area (Å²) in [6.07, 6.45) is 6.61. The largest absolute Gasteiger partial charge is 0.391 e. The third kappa shape index (κ3) is 5.11. The lowest BCUT2D eigenvalue weighted by molar-refractivity contribution is -0.384. The maximum absolute atomic E-state index is 13.2. The Kier molecular flexibility index (Phi) is 6.89. The first-order valence-electron chi connectivity index (χ1n) is 12.9. The number of rotatable bonds is 4. The maximum atomic E-state index is 13.2. The van der Waals surface area contributed by atoms with Crippen LogP contribution >= 0.6 is 0 Å². The van der Waals surface area contributed by atoms with Crippen molar-refractivity contribution in [3.05, 3.63) is 75.8 Å². The molecule has 5 rings (SSSR count). The average Bonchev–Trinajstić information content (AvgIpc) is 2.90. The molecule has 1 saturated carbocycles. The van der Waals surface area contributed by atoms with E-state index in [2.05, 4.69) is 35.2 Å². The summed E-state index contributed by atoms with van der Waals surface area (Å²) in [6, 6.07) is 16.8. The molecule has 1 aliphatic carbocycles. The van der Waals surface area contributed by atoms with Gasteiger partial charge in [-0.3, -0.25) is 19.8 Å². The van der Waals surface area contributed by atoms with Crippen molar-refractivity contribution in [1.82, 2.24) is 9.80 Å². The Morgan fingerprint density at radius 3 is 2.37 bits per heavy atom. The van der Waals surface area contributed by atoms with Gasteiger partial charge in [0.25, 0.3) is 11.6 Å². The highest BCUT2D eigenvalue weighted by molar-refractivity contribution is 5.94. The highest BCUT2D eigenvalue weighted by Gasteiger charge is 2.46. The lowest BCUT2D eigenvalue weighted by Gasteiger charge is -2.52. The highest BCUT2D eigenvalue weighted by atomic mass is 16.6. The Balaban J connectivity index is 1.24. The smallest absolute Gasteiger partial charge is 0.269 e. The Morgan fingerprint density at radius 1 is 0.971 bits per heavy atom. The summed E-state index contributed by atoms with van der Waals surface area (Å²) >= 11 is 0. The fourth-order valence-electron chi connectivity index (χ4n) is 6.65. The molecule has 2 aromatic carbocycles. The molecule has 1 spiro atoms. The molecule has 3 atom stereocenters. The third-order valence-corrected chi connectivity index (χ3v) is 8.60. The van der Waals surface area contributed by atoms with Gasteiger partial charge in [0.1, 0.15) is 0 Å². The van der Waals surface area contributed by atoms with Gasteiger partial charge < -0.3 is 10.0 Å². The van der Waals surface area contributed by atoms with Crippen LogP contribution in [0.15, 0.2) is 54.6 Å². The molecule has 1 amide bonds. The zero-order valence-corrected chi connectivity index (χ0v) is 20.2. The number of benzene rings is 2. The number of amides is 1. The van der Waals surface area contributed by atoms with Crippen molar-refractivity contribution in [2.45, 2.75) is 63.0 Å². The Hall–Kier alpha value is -2.77. The molecule has 2 saturated heterocycles. The summed E-state index contributed by atoms with van der Waals surface area (Å²) in [5.74, 6) is 0.539. The predicted molar refractivity (Wildman–Crippen MR) is 134 cm³/mol. The van der Waals surface area contributed by atoms with Crippen molar-refractivity contribution in [2.75, 3.05) is 26.2 Å². The first-order valence-corrected chi connectivity index (χ1v) is 12.9. The molecular formula is C28H35N3O4. The van der Waals surface area contributed by atoms with Crippen molar-refractivity contribution in [2.24, 2.45) is 5.41 Å². The van der Waals surface area contributed by atoms with Crippen LogP contribution in [0.1, 0.15) is 66.8 Å². The van der Waals surface area contributed by atoms with Crippen LogP contribution in [-0.4, -0.2) is 64.1 Å². The number of carbonyl (C=O) groups excluding carboxylic acids is 1. The van der Waals surface area contributed by atoms with E-state index < -0.39 is 4.92 Å².